The predicted octanol–water partition coefficient (Wildman–Crippen LogP) is -0.118. The van der Waals surface area contributed by atoms with E-state index in [0.29, 0.717) is 0 Å². The summed E-state index contributed by atoms with van der Waals surface area (Å²) in [6, 6.07) is 0. The molecule has 0 aliphatic rings. The molecule has 0 aliphatic carbocycles. The molecule has 0 aromatic heterocycles. The normalized spacial score (nSPS) is 11.1. The molecule has 0 saturated carbocycles. The van der Waals surface area contributed by atoms with E-state index in [-0.39, 0.29) is 22.0 Å². The molecule has 0 fully saturated rings. The second-order valence-corrected chi connectivity index (χ2v) is 3.36. The molecular formula is C8H17F3O5S. The van der Waals surface area contributed by atoms with Gasteiger partial charge >= 0.3 is 11.2 Å². The molecule has 9 heteroatoms. The maximum absolute atomic E-state index is 12.5. The molecule has 0 heterocycles. The van der Waals surface area contributed by atoms with Crippen LogP contribution in [0.4, 0.5) is 13.2 Å². The van der Waals surface area contributed by atoms with Gasteiger partial charge in [-0.15, -0.1) is 12.6 Å². The predicted molar refractivity (Wildman–Crippen MR) is 60.1 cm³/mol. The first-order valence-corrected chi connectivity index (χ1v) is 4.26. The van der Waals surface area contributed by atoms with Crippen LogP contribution in [0, 0.1) is 0 Å². The van der Waals surface area contributed by atoms with Crippen LogP contribution in [-0.4, -0.2) is 40.4 Å². The molecule has 0 radical (unpaired) electrons. The van der Waals surface area contributed by atoms with Gasteiger partial charge in [-0.2, -0.15) is 8.78 Å². The van der Waals surface area contributed by atoms with E-state index in [4.69, 9.17) is 0 Å². The Morgan fingerprint density at radius 2 is 1.82 bits per heavy atom. The lowest BCUT2D eigenvalue weighted by Gasteiger charge is -2.14. The molecule has 0 amide bonds. The third kappa shape index (κ3) is 11.5. The minimum atomic E-state index is -3.70. The minimum Gasteiger partial charge on any atom is -0.462 e. The number of alkyl halides is 3. The van der Waals surface area contributed by atoms with E-state index in [1.165, 1.54) is 6.92 Å². The smallest absolute Gasteiger partial charge is 0.333 e. The van der Waals surface area contributed by atoms with Crippen molar-refractivity contribution >= 4 is 18.6 Å². The lowest BCUT2D eigenvalue weighted by Crippen LogP contribution is -2.25. The molecule has 0 aliphatic heterocycles. The summed E-state index contributed by atoms with van der Waals surface area (Å²) in [4.78, 5) is 10.7. The Kier molecular flexibility index (Phi) is 15.4. The second-order valence-electron chi connectivity index (χ2n) is 2.76. The molecule has 0 saturated heterocycles. The van der Waals surface area contributed by atoms with E-state index in [0.717, 1.165) is 0 Å². The molecule has 17 heavy (non-hydrogen) atoms. The number of hydrogen-bond acceptors (Lipinski definition) is 3. The third-order valence-electron chi connectivity index (χ3n) is 1.33. The van der Waals surface area contributed by atoms with Crippen molar-refractivity contribution in [2.24, 2.45) is 0 Å². The van der Waals surface area contributed by atoms with Gasteiger partial charge in [0.25, 0.3) is 0 Å². The average Bonchev–Trinajstić information content (AvgIpc) is 2.01. The molecule has 1 atom stereocenters. The zero-order valence-electron chi connectivity index (χ0n) is 9.10. The van der Waals surface area contributed by atoms with Crippen LogP contribution in [0.15, 0.2) is 12.2 Å². The van der Waals surface area contributed by atoms with E-state index in [1.807, 2.05) is 0 Å². The van der Waals surface area contributed by atoms with E-state index in [2.05, 4.69) is 23.9 Å². The number of thiol groups is 1. The number of carbonyl (C=O) groups excluding carboxylic acids is 1. The zero-order chi connectivity index (χ0) is 11.4. The van der Waals surface area contributed by atoms with Crippen molar-refractivity contribution in [1.29, 1.82) is 0 Å². The summed E-state index contributed by atoms with van der Waals surface area (Å²) in [6.45, 7) is 4.26. The fourth-order valence-corrected chi connectivity index (χ4v) is 0.681. The van der Waals surface area contributed by atoms with Crippen LogP contribution in [0.3, 0.4) is 0 Å². The SMILES string of the molecule is C=C(C)C(=O)OCCC(F)C(F)(F)S.O.O.O. The number of carbonyl (C=O) groups is 1. The van der Waals surface area contributed by atoms with Gasteiger partial charge in [-0.25, -0.2) is 9.18 Å². The van der Waals surface area contributed by atoms with Crippen molar-refractivity contribution in [3.05, 3.63) is 12.2 Å². The van der Waals surface area contributed by atoms with Crippen LogP contribution in [0.25, 0.3) is 0 Å². The van der Waals surface area contributed by atoms with Crippen molar-refractivity contribution in [2.75, 3.05) is 6.61 Å². The summed E-state index contributed by atoms with van der Waals surface area (Å²) in [5.41, 5.74) is 0.137. The van der Waals surface area contributed by atoms with Gasteiger partial charge in [0.05, 0.1) is 6.61 Å². The van der Waals surface area contributed by atoms with Crippen LogP contribution >= 0.6 is 12.6 Å². The summed E-state index contributed by atoms with van der Waals surface area (Å²) in [5, 5.41) is -3.70. The highest BCUT2D eigenvalue weighted by Crippen LogP contribution is 2.27. The van der Waals surface area contributed by atoms with Crippen molar-refractivity contribution in [3.63, 3.8) is 0 Å². The Hall–Kier alpha value is -0.770. The molecule has 0 spiro atoms. The molecule has 0 rings (SSSR count). The highest BCUT2D eigenvalue weighted by Gasteiger charge is 2.35. The lowest BCUT2D eigenvalue weighted by atomic mass is 10.3. The van der Waals surface area contributed by atoms with Crippen LogP contribution in [0.2, 0.25) is 0 Å². The number of halogens is 3. The number of hydrogen-bond donors (Lipinski definition) is 1. The van der Waals surface area contributed by atoms with Crippen LogP contribution < -0.4 is 0 Å². The third-order valence-corrected chi connectivity index (χ3v) is 1.61. The molecule has 0 aromatic rings. The monoisotopic (exact) mass is 282 g/mol. The summed E-state index contributed by atoms with van der Waals surface area (Å²) < 4.78 is 41.2. The average molecular weight is 282 g/mol. The molecule has 106 valence electrons. The van der Waals surface area contributed by atoms with Gasteiger partial charge < -0.3 is 21.2 Å². The highest BCUT2D eigenvalue weighted by atomic mass is 32.1. The molecule has 1 unspecified atom stereocenters. The van der Waals surface area contributed by atoms with Gasteiger partial charge in [0.1, 0.15) is 0 Å². The van der Waals surface area contributed by atoms with Crippen molar-refractivity contribution < 1.29 is 39.1 Å². The van der Waals surface area contributed by atoms with Gasteiger partial charge in [-0.1, -0.05) is 6.58 Å². The Morgan fingerprint density at radius 3 is 2.12 bits per heavy atom. The van der Waals surface area contributed by atoms with Gasteiger partial charge in [0.15, 0.2) is 6.17 Å². The number of ether oxygens (including phenoxy) is 1. The fourth-order valence-electron chi connectivity index (χ4n) is 0.552. The Balaban J connectivity index is -0.000000282. The number of rotatable bonds is 5. The maximum Gasteiger partial charge on any atom is 0.333 e. The van der Waals surface area contributed by atoms with Crippen LogP contribution in [-0.2, 0) is 9.53 Å². The highest BCUT2D eigenvalue weighted by molar-refractivity contribution is 7.81. The van der Waals surface area contributed by atoms with Crippen molar-refractivity contribution in [2.45, 2.75) is 24.8 Å². The molecule has 5 nitrogen and oxygen atoms in total. The Bertz CT molecular complexity index is 232. The van der Waals surface area contributed by atoms with Crippen LogP contribution in [0.5, 0.6) is 0 Å². The summed E-state index contributed by atoms with van der Waals surface area (Å²) in [5.74, 6) is -0.723. The minimum absolute atomic E-state index is 0. The first-order valence-electron chi connectivity index (χ1n) is 3.82. The quantitative estimate of drug-likeness (QED) is 0.429. The Labute approximate surface area is 102 Å². The first kappa shape index (κ1) is 25.2. The first-order chi connectivity index (χ1) is 6.25. The van der Waals surface area contributed by atoms with Gasteiger partial charge in [-0.05, 0) is 6.92 Å². The fraction of sp³-hybridized carbons (Fsp3) is 0.625. The zero-order valence-corrected chi connectivity index (χ0v) is 9.99. The summed E-state index contributed by atoms with van der Waals surface area (Å²) >= 11 is 2.75. The Morgan fingerprint density at radius 1 is 1.41 bits per heavy atom. The topological polar surface area (TPSA) is 121 Å². The summed E-state index contributed by atoms with van der Waals surface area (Å²) in [6.07, 6.45) is -3.01. The van der Waals surface area contributed by atoms with Gasteiger partial charge in [0.2, 0.25) is 0 Å². The lowest BCUT2D eigenvalue weighted by molar-refractivity contribution is -0.140. The molecule has 0 bridgehead atoms. The van der Waals surface area contributed by atoms with Gasteiger partial charge in [-0.3, -0.25) is 0 Å². The number of esters is 1. The standard InChI is InChI=1S/C8H11F3O2S.3H2O/c1-5(2)7(12)13-4-3-6(9)8(10,11)14;;;/h6,14H,1,3-4H2,2H3;3*1H2. The molecule has 6 N–H and O–H groups in total. The van der Waals surface area contributed by atoms with Crippen molar-refractivity contribution in [1.82, 2.24) is 0 Å². The van der Waals surface area contributed by atoms with E-state index >= 15 is 0 Å². The maximum atomic E-state index is 12.5. The second kappa shape index (κ2) is 10.4. The van der Waals surface area contributed by atoms with Crippen molar-refractivity contribution in [3.8, 4) is 0 Å². The molecular weight excluding hydrogens is 265 g/mol. The molecule has 0 aromatic carbocycles. The summed E-state index contributed by atoms with van der Waals surface area (Å²) in [7, 11) is 0. The van der Waals surface area contributed by atoms with Gasteiger partial charge in [0, 0.05) is 12.0 Å². The largest absolute Gasteiger partial charge is 0.462 e. The van der Waals surface area contributed by atoms with E-state index in [9.17, 15) is 18.0 Å². The van der Waals surface area contributed by atoms with E-state index < -0.39 is 30.4 Å². The van der Waals surface area contributed by atoms with Crippen LogP contribution in [0.1, 0.15) is 13.3 Å². The van der Waals surface area contributed by atoms with E-state index in [1.54, 1.807) is 0 Å².